The van der Waals surface area contributed by atoms with Gasteiger partial charge in [-0.15, -0.1) is 0 Å². The minimum Gasteiger partial charge on any atom is -0.381 e. The molecule has 0 saturated carbocycles. The predicted octanol–water partition coefficient (Wildman–Crippen LogP) is 4.41. The highest BCUT2D eigenvalue weighted by Gasteiger charge is 2.02. The average molecular weight is 225 g/mol. The van der Waals surface area contributed by atoms with Crippen molar-refractivity contribution >= 4 is 11.8 Å². The quantitative estimate of drug-likeness (QED) is 0.735. The molecule has 1 aliphatic rings. The smallest absolute Gasteiger partial charge is 0.0416 e. The molecule has 0 spiro atoms. The first-order chi connectivity index (χ1) is 8.40. The summed E-state index contributed by atoms with van der Waals surface area (Å²) in [5, 5.41) is 3.50. The first-order valence-electron chi connectivity index (χ1n) is 6.18. The van der Waals surface area contributed by atoms with Crippen molar-refractivity contribution in [2.45, 2.75) is 19.8 Å². The van der Waals surface area contributed by atoms with E-state index in [9.17, 15) is 0 Å². The fourth-order valence-corrected chi connectivity index (χ4v) is 1.95. The van der Waals surface area contributed by atoms with Crippen LogP contribution in [-0.4, -0.2) is 6.54 Å². The lowest BCUT2D eigenvalue weighted by atomic mass is 10.1. The molecule has 1 nitrogen and oxygen atoms in total. The molecular weight excluding hydrogens is 206 g/mol. The molecule has 2 rings (SSSR count). The molecule has 88 valence electrons. The van der Waals surface area contributed by atoms with Gasteiger partial charge in [0.1, 0.15) is 0 Å². The van der Waals surface area contributed by atoms with Crippen molar-refractivity contribution < 1.29 is 0 Å². The van der Waals surface area contributed by atoms with Crippen LogP contribution in [0.3, 0.4) is 0 Å². The maximum Gasteiger partial charge on any atom is 0.0416 e. The molecule has 1 N–H and O–H groups in total. The van der Waals surface area contributed by atoms with Crippen molar-refractivity contribution in [3.63, 3.8) is 0 Å². The summed E-state index contributed by atoms with van der Waals surface area (Å²) in [5.41, 5.74) is 3.95. The molecule has 0 aliphatic carbocycles. The summed E-state index contributed by atoms with van der Waals surface area (Å²) in [6.07, 6.45) is 13.1. The molecule has 0 aromatic heterocycles. The van der Waals surface area contributed by atoms with Gasteiger partial charge in [-0.3, -0.25) is 0 Å². The maximum atomic E-state index is 3.50. The Morgan fingerprint density at radius 1 is 1.29 bits per heavy atom. The molecule has 0 amide bonds. The highest BCUT2D eigenvalue weighted by atomic mass is 14.9. The third-order valence-electron chi connectivity index (χ3n) is 2.92. The van der Waals surface area contributed by atoms with Crippen LogP contribution in [-0.2, 0) is 0 Å². The average Bonchev–Trinajstić information content (AvgIpc) is 2.33. The Kier molecular flexibility index (Phi) is 4.20. The number of benzene rings is 1. The van der Waals surface area contributed by atoms with Crippen LogP contribution in [0.1, 0.15) is 25.3 Å². The Morgan fingerprint density at radius 2 is 2.18 bits per heavy atom. The van der Waals surface area contributed by atoms with E-state index in [2.05, 4.69) is 66.9 Å². The zero-order valence-electron chi connectivity index (χ0n) is 10.3. The van der Waals surface area contributed by atoms with E-state index in [0.717, 1.165) is 19.4 Å². The van der Waals surface area contributed by atoms with Gasteiger partial charge in [0, 0.05) is 12.2 Å². The summed E-state index contributed by atoms with van der Waals surface area (Å²) in [7, 11) is 0. The van der Waals surface area contributed by atoms with Crippen molar-refractivity contribution in [3.8, 4) is 0 Å². The fourth-order valence-electron chi connectivity index (χ4n) is 1.95. The van der Waals surface area contributed by atoms with Crippen molar-refractivity contribution in [3.05, 3.63) is 59.7 Å². The number of rotatable bonds is 2. The third-order valence-corrected chi connectivity index (χ3v) is 2.92. The molecule has 0 radical (unpaired) electrons. The lowest BCUT2D eigenvalue weighted by Crippen LogP contribution is -2.07. The maximum absolute atomic E-state index is 3.50. The number of nitrogens with one attached hydrogen (secondary N) is 1. The number of fused-ring (bicyclic) bond motifs is 1. The van der Waals surface area contributed by atoms with Crippen molar-refractivity contribution in [1.82, 2.24) is 0 Å². The Morgan fingerprint density at radius 3 is 3.06 bits per heavy atom. The number of para-hydroxylation sites is 1. The van der Waals surface area contributed by atoms with Gasteiger partial charge < -0.3 is 5.32 Å². The molecule has 17 heavy (non-hydrogen) atoms. The van der Waals surface area contributed by atoms with Gasteiger partial charge in [-0.05, 0) is 31.4 Å². The molecule has 1 aromatic rings. The number of hydrogen-bond donors (Lipinski definition) is 1. The Labute approximate surface area is 104 Å². The molecule has 0 atom stereocenters. The molecule has 1 heteroatoms. The zero-order chi connectivity index (χ0) is 11.9. The van der Waals surface area contributed by atoms with Crippen LogP contribution in [0.15, 0.2) is 54.1 Å². The molecule has 1 aromatic carbocycles. The van der Waals surface area contributed by atoms with Crippen LogP contribution < -0.4 is 5.32 Å². The Hall–Kier alpha value is -1.76. The van der Waals surface area contributed by atoms with Gasteiger partial charge >= 0.3 is 0 Å². The second kappa shape index (κ2) is 6.09. The van der Waals surface area contributed by atoms with E-state index in [4.69, 9.17) is 0 Å². The molecule has 1 heterocycles. The first kappa shape index (κ1) is 11.7. The zero-order valence-corrected chi connectivity index (χ0v) is 10.3. The summed E-state index contributed by atoms with van der Waals surface area (Å²) in [6, 6.07) is 8.43. The van der Waals surface area contributed by atoms with E-state index in [-0.39, 0.29) is 0 Å². The van der Waals surface area contributed by atoms with E-state index in [0.29, 0.717) is 0 Å². The SMILES string of the molecule is C/C=C\C/C=C1/C/C=C\c2ccccc2NC1. The van der Waals surface area contributed by atoms with Gasteiger partial charge in [-0.1, -0.05) is 54.2 Å². The monoisotopic (exact) mass is 225 g/mol. The summed E-state index contributed by atoms with van der Waals surface area (Å²) >= 11 is 0. The van der Waals surface area contributed by atoms with Crippen LogP contribution in [0.25, 0.3) is 6.08 Å². The summed E-state index contributed by atoms with van der Waals surface area (Å²) in [6.45, 7) is 3.00. The minimum atomic E-state index is 0.943. The molecule has 1 aliphatic heterocycles. The largest absolute Gasteiger partial charge is 0.381 e. The van der Waals surface area contributed by atoms with Crippen LogP contribution in [0.2, 0.25) is 0 Å². The second-order valence-corrected chi connectivity index (χ2v) is 4.21. The first-order valence-corrected chi connectivity index (χ1v) is 6.18. The molecule has 0 unspecified atom stereocenters. The lowest BCUT2D eigenvalue weighted by molar-refractivity contribution is 1.08. The number of hydrogen-bond acceptors (Lipinski definition) is 1. The van der Waals surface area contributed by atoms with Crippen molar-refractivity contribution in [1.29, 1.82) is 0 Å². The highest BCUT2D eigenvalue weighted by molar-refractivity contribution is 5.67. The second-order valence-electron chi connectivity index (χ2n) is 4.21. The summed E-state index contributed by atoms with van der Waals surface area (Å²) in [4.78, 5) is 0. The Balaban J connectivity index is 2.10. The summed E-state index contributed by atoms with van der Waals surface area (Å²) in [5.74, 6) is 0. The molecular formula is C16H19N. The van der Waals surface area contributed by atoms with E-state index < -0.39 is 0 Å². The van der Waals surface area contributed by atoms with E-state index in [1.807, 2.05) is 0 Å². The highest BCUT2D eigenvalue weighted by Crippen LogP contribution is 2.20. The van der Waals surface area contributed by atoms with E-state index in [1.165, 1.54) is 16.8 Å². The third kappa shape index (κ3) is 3.35. The van der Waals surface area contributed by atoms with Gasteiger partial charge in [0.2, 0.25) is 0 Å². The fraction of sp³-hybridized carbons (Fsp3) is 0.250. The van der Waals surface area contributed by atoms with Gasteiger partial charge in [-0.25, -0.2) is 0 Å². The van der Waals surface area contributed by atoms with Gasteiger partial charge in [0.05, 0.1) is 0 Å². The Bertz CT molecular complexity index is 452. The van der Waals surface area contributed by atoms with Gasteiger partial charge in [0.15, 0.2) is 0 Å². The van der Waals surface area contributed by atoms with Crippen LogP contribution >= 0.6 is 0 Å². The molecule has 0 fully saturated rings. The van der Waals surface area contributed by atoms with Crippen LogP contribution in [0.5, 0.6) is 0 Å². The van der Waals surface area contributed by atoms with Crippen LogP contribution in [0.4, 0.5) is 5.69 Å². The predicted molar refractivity (Wildman–Crippen MR) is 76.1 cm³/mol. The number of anilines is 1. The topological polar surface area (TPSA) is 12.0 Å². The number of allylic oxidation sites excluding steroid dienone is 4. The standard InChI is InChI=1S/C16H19N/c1-2-3-4-8-14-9-7-11-15-10-5-6-12-16(15)17-13-14/h2-3,5-8,10-12,17H,4,9,13H2,1H3/b3-2-,11-7-,14-8-. The normalized spacial score (nSPS) is 19.5. The van der Waals surface area contributed by atoms with E-state index >= 15 is 0 Å². The van der Waals surface area contributed by atoms with Gasteiger partial charge in [0.25, 0.3) is 0 Å². The minimum absolute atomic E-state index is 0.943. The summed E-state index contributed by atoms with van der Waals surface area (Å²) < 4.78 is 0. The lowest BCUT2D eigenvalue weighted by Gasteiger charge is -2.14. The van der Waals surface area contributed by atoms with Crippen LogP contribution in [0, 0.1) is 0 Å². The van der Waals surface area contributed by atoms with Crippen molar-refractivity contribution in [2.24, 2.45) is 0 Å². The van der Waals surface area contributed by atoms with Crippen molar-refractivity contribution in [2.75, 3.05) is 11.9 Å². The van der Waals surface area contributed by atoms with E-state index in [1.54, 1.807) is 0 Å². The molecule has 0 saturated heterocycles. The molecule has 0 bridgehead atoms. The van der Waals surface area contributed by atoms with Gasteiger partial charge in [-0.2, -0.15) is 0 Å².